The van der Waals surface area contributed by atoms with Gasteiger partial charge >= 0.3 is 0 Å². The Kier molecular flexibility index (Phi) is 5.84. The van der Waals surface area contributed by atoms with E-state index in [9.17, 15) is 0 Å². The number of benzene rings is 1. The second kappa shape index (κ2) is 7.40. The highest BCUT2D eigenvalue weighted by atomic mass is 35.5. The Morgan fingerprint density at radius 3 is 2.47 bits per heavy atom. The summed E-state index contributed by atoms with van der Waals surface area (Å²) in [6, 6.07) is 5.78. The predicted octanol–water partition coefficient (Wildman–Crippen LogP) is 5.99. The van der Waals surface area contributed by atoms with E-state index in [1.165, 1.54) is 38.5 Å². The smallest absolute Gasteiger partial charge is 0.120 e. The van der Waals surface area contributed by atoms with Crippen molar-refractivity contribution in [1.29, 1.82) is 0 Å². The fourth-order valence-electron chi connectivity index (χ4n) is 2.91. The summed E-state index contributed by atoms with van der Waals surface area (Å²) >= 11 is 12.9. The van der Waals surface area contributed by atoms with Crippen LogP contribution in [0.1, 0.15) is 55.9 Å². The molecule has 0 aromatic heterocycles. The summed E-state index contributed by atoms with van der Waals surface area (Å²) in [5, 5.41) is 0.731. The van der Waals surface area contributed by atoms with E-state index in [1.54, 1.807) is 7.11 Å². The van der Waals surface area contributed by atoms with E-state index in [1.807, 2.05) is 18.2 Å². The standard InChI is InChI=1S/C16H22Cl2O/c1-19-13-8-9-14(16(18)11-13)15(17)10-12-6-4-2-3-5-7-12/h8-9,11-12,15H,2-7,10H2,1H3. The first-order valence-corrected chi connectivity index (χ1v) is 7.99. The summed E-state index contributed by atoms with van der Waals surface area (Å²) in [6.07, 6.45) is 9.14. The Hall–Kier alpha value is -0.400. The van der Waals surface area contributed by atoms with Crippen molar-refractivity contribution in [2.45, 2.75) is 50.3 Å². The fraction of sp³-hybridized carbons (Fsp3) is 0.625. The lowest BCUT2D eigenvalue weighted by Gasteiger charge is -2.19. The Labute approximate surface area is 126 Å². The molecule has 1 atom stereocenters. The van der Waals surface area contributed by atoms with Crippen LogP contribution in [0.15, 0.2) is 18.2 Å². The van der Waals surface area contributed by atoms with Crippen molar-refractivity contribution in [3.63, 3.8) is 0 Å². The average Bonchev–Trinajstić information content (AvgIpc) is 2.67. The number of ether oxygens (including phenoxy) is 1. The molecule has 0 aliphatic heterocycles. The molecule has 106 valence electrons. The van der Waals surface area contributed by atoms with Crippen LogP contribution < -0.4 is 4.74 Å². The Morgan fingerprint density at radius 2 is 1.89 bits per heavy atom. The maximum atomic E-state index is 6.57. The molecule has 1 unspecified atom stereocenters. The molecule has 0 amide bonds. The molecule has 1 saturated carbocycles. The average molecular weight is 301 g/mol. The van der Waals surface area contributed by atoms with Crippen molar-refractivity contribution in [3.8, 4) is 5.75 Å². The number of halogens is 2. The largest absolute Gasteiger partial charge is 0.497 e. The highest BCUT2D eigenvalue weighted by molar-refractivity contribution is 6.32. The van der Waals surface area contributed by atoms with Crippen LogP contribution in [0.3, 0.4) is 0 Å². The van der Waals surface area contributed by atoms with Gasteiger partial charge in [-0.25, -0.2) is 0 Å². The van der Waals surface area contributed by atoms with Crippen molar-refractivity contribution in [2.75, 3.05) is 7.11 Å². The van der Waals surface area contributed by atoms with Crippen molar-refractivity contribution >= 4 is 23.2 Å². The Balaban J connectivity index is 2.00. The molecule has 0 spiro atoms. The lowest BCUT2D eigenvalue weighted by atomic mass is 9.92. The molecule has 1 aromatic carbocycles. The molecule has 0 radical (unpaired) electrons. The lowest BCUT2D eigenvalue weighted by molar-refractivity contribution is 0.413. The highest BCUT2D eigenvalue weighted by Crippen LogP contribution is 2.38. The van der Waals surface area contributed by atoms with Gasteiger partial charge in [0.15, 0.2) is 0 Å². The minimum atomic E-state index is 0.0153. The van der Waals surface area contributed by atoms with Gasteiger partial charge in [0.25, 0.3) is 0 Å². The maximum Gasteiger partial charge on any atom is 0.120 e. The molecule has 3 heteroatoms. The van der Waals surface area contributed by atoms with E-state index in [0.717, 1.165) is 23.7 Å². The van der Waals surface area contributed by atoms with E-state index in [0.29, 0.717) is 5.02 Å². The summed E-state index contributed by atoms with van der Waals surface area (Å²) in [5.41, 5.74) is 1.04. The lowest BCUT2D eigenvalue weighted by Crippen LogP contribution is -2.04. The molecule has 0 heterocycles. The molecule has 0 N–H and O–H groups in total. The molecule has 1 aliphatic carbocycles. The third-order valence-electron chi connectivity index (χ3n) is 4.06. The first-order chi connectivity index (χ1) is 9.20. The van der Waals surface area contributed by atoms with Crippen molar-refractivity contribution < 1.29 is 4.74 Å². The van der Waals surface area contributed by atoms with Gasteiger partial charge in [0.2, 0.25) is 0 Å². The Bertz CT molecular complexity index is 398. The van der Waals surface area contributed by atoms with Crippen LogP contribution in [0.2, 0.25) is 5.02 Å². The topological polar surface area (TPSA) is 9.23 Å². The maximum absolute atomic E-state index is 6.57. The number of rotatable bonds is 4. The summed E-state index contributed by atoms with van der Waals surface area (Å²) < 4.78 is 5.17. The number of hydrogen-bond acceptors (Lipinski definition) is 1. The monoisotopic (exact) mass is 300 g/mol. The summed E-state index contributed by atoms with van der Waals surface area (Å²) in [4.78, 5) is 0. The SMILES string of the molecule is COc1ccc(C(Cl)CC2CCCCCC2)c(Cl)c1. The predicted molar refractivity (Wildman–Crippen MR) is 82.4 cm³/mol. The highest BCUT2D eigenvalue weighted by Gasteiger charge is 2.19. The van der Waals surface area contributed by atoms with E-state index < -0.39 is 0 Å². The molecule has 1 nitrogen and oxygen atoms in total. The van der Waals surface area contributed by atoms with Crippen LogP contribution in [-0.4, -0.2) is 7.11 Å². The molecule has 19 heavy (non-hydrogen) atoms. The minimum Gasteiger partial charge on any atom is -0.497 e. The number of hydrogen-bond donors (Lipinski definition) is 0. The first kappa shape index (κ1) is 15.0. The summed E-state index contributed by atoms with van der Waals surface area (Å²) in [5.74, 6) is 1.54. The molecule has 2 rings (SSSR count). The quantitative estimate of drug-likeness (QED) is 0.490. The van der Waals surface area contributed by atoms with Crippen molar-refractivity contribution in [2.24, 2.45) is 5.92 Å². The minimum absolute atomic E-state index is 0.0153. The zero-order chi connectivity index (χ0) is 13.7. The van der Waals surface area contributed by atoms with Crippen LogP contribution in [0.4, 0.5) is 0 Å². The van der Waals surface area contributed by atoms with Crippen LogP contribution >= 0.6 is 23.2 Å². The molecular weight excluding hydrogens is 279 g/mol. The van der Waals surface area contributed by atoms with Gasteiger partial charge < -0.3 is 4.74 Å². The van der Waals surface area contributed by atoms with Gasteiger partial charge in [-0.05, 0) is 30.0 Å². The number of methoxy groups -OCH3 is 1. The van der Waals surface area contributed by atoms with Crippen LogP contribution in [0, 0.1) is 5.92 Å². The molecule has 0 saturated heterocycles. The van der Waals surface area contributed by atoms with Crippen molar-refractivity contribution in [1.82, 2.24) is 0 Å². The molecule has 1 fully saturated rings. The molecular formula is C16H22Cl2O. The van der Waals surface area contributed by atoms with Gasteiger partial charge in [0, 0.05) is 5.02 Å². The van der Waals surface area contributed by atoms with E-state index in [2.05, 4.69) is 0 Å². The van der Waals surface area contributed by atoms with E-state index in [-0.39, 0.29) is 5.38 Å². The van der Waals surface area contributed by atoms with E-state index in [4.69, 9.17) is 27.9 Å². The Morgan fingerprint density at radius 1 is 1.21 bits per heavy atom. The summed E-state index contributed by atoms with van der Waals surface area (Å²) in [6.45, 7) is 0. The normalized spacial score (nSPS) is 18.9. The first-order valence-electron chi connectivity index (χ1n) is 7.18. The summed E-state index contributed by atoms with van der Waals surface area (Å²) in [7, 11) is 1.65. The molecule has 0 bridgehead atoms. The van der Waals surface area contributed by atoms with Gasteiger partial charge in [0.1, 0.15) is 5.75 Å². The fourth-order valence-corrected chi connectivity index (χ4v) is 3.71. The third-order valence-corrected chi connectivity index (χ3v) is 4.80. The second-order valence-corrected chi connectivity index (χ2v) is 6.38. The second-order valence-electron chi connectivity index (χ2n) is 5.45. The number of alkyl halides is 1. The third kappa shape index (κ3) is 4.29. The zero-order valence-corrected chi connectivity index (χ0v) is 13.0. The van der Waals surface area contributed by atoms with Crippen molar-refractivity contribution in [3.05, 3.63) is 28.8 Å². The van der Waals surface area contributed by atoms with Crippen LogP contribution in [0.5, 0.6) is 5.75 Å². The van der Waals surface area contributed by atoms with Gasteiger partial charge in [-0.3, -0.25) is 0 Å². The van der Waals surface area contributed by atoms with Crippen LogP contribution in [0.25, 0.3) is 0 Å². The molecule has 1 aromatic rings. The van der Waals surface area contributed by atoms with Gasteiger partial charge in [-0.15, -0.1) is 11.6 Å². The van der Waals surface area contributed by atoms with Gasteiger partial charge in [-0.2, -0.15) is 0 Å². The van der Waals surface area contributed by atoms with E-state index >= 15 is 0 Å². The van der Waals surface area contributed by atoms with Gasteiger partial charge in [-0.1, -0.05) is 56.2 Å². The zero-order valence-electron chi connectivity index (χ0n) is 11.5. The van der Waals surface area contributed by atoms with Gasteiger partial charge in [0.05, 0.1) is 12.5 Å². The van der Waals surface area contributed by atoms with Crippen LogP contribution in [-0.2, 0) is 0 Å². The molecule has 1 aliphatic rings.